The van der Waals surface area contributed by atoms with E-state index in [0.29, 0.717) is 12.5 Å². The van der Waals surface area contributed by atoms with Crippen LogP contribution in [0.25, 0.3) is 0 Å². The van der Waals surface area contributed by atoms with E-state index in [4.69, 9.17) is 0 Å². The molecular weight excluding hydrogens is 240 g/mol. The highest BCUT2D eigenvalue weighted by Crippen LogP contribution is 2.12. The van der Waals surface area contributed by atoms with Gasteiger partial charge in [-0.25, -0.2) is 0 Å². The van der Waals surface area contributed by atoms with Crippen molar-refractivity contribution in [3.63, 3.8) is 0 Å². The highest BCUT2D eigenvalue weighted by Gasteiger charge is 2.13. The third-order valence-electron chi connectivity index (χ3n) is 3.67. The predicted octanol–water partition coefficient (Wildman–Crippen LogP) is 1.01. The van der Waals surface area contributed by atoms with Gasteiger partial charge in [0.15, 0.2) is 0 Å². The lowest BCUT2D eigenvalue weighted by atomic mass is 9.96. The Hall–Kier alpha value is -1.36. The zero-order valence-corrected chi connectivity index (χ0v) is 11.9. The number of carbonyl (C=O) groups is 1. The first-order valence-electron chi connectivity index (χ1n) is 7.13. The molecule has 1 aliphatic rings. The van der Waals surface area contributed by atoms with Crippen LogP contribution in [0.15, 0.2) is 6.07 Å². The molecule has 2 heterocycles. The molecule has 5 nitrogen and oxygen atoms in total. The lowest BCUT2D eigenvalue weighted by molar-refractivity contribution is -0.121. The molecule has 0 radical (unpaired) electrons. The maximum Gasteiger partial charge on any atom is 0.241 e. The number of aromatic nitrogens is 2. The van der Waals surface area contributed by atoms with Gasteiger partial charge >= 0.3 is 0 Å². The van der Waals surface area contributed by atoms with E-state index in [1.54, 1.807) is 4.68 Å². The van der Waals surface area contributed by atoms with Crippen LogP contribution >= 0.6 is 0 Å². The zero-order chi connectivity index (χ0) is 13.7. The first-order chi connectivity index (χ1) is 9.15. The molecule has 1 amide bonds. The number of carbonyl (C=O) groups excluding carboxylic acids is 1. The largest absolute Gasteiger partial charge is 0.354 e. The smallest absolute Gasteiger partial charge is 0.241 e. The van der Waals surface area contributed by atoms with E-state index < -0.39 is 0 Å². The van der Waals surface area contributed by atoms with Crippen molar-refractivity contribution in [1.29, 1.82) is 0 Å². The van der Waals surface area contributed by atoms with Gasteiger partial charge in [-0.3, -0.25) is 9.48 Å². The second-order valence-corrected chi connectivity index (χ2v) is 5.44. The fourth-order valence-electron chi connectivity index (χ4n) is 2.61. The van der Waals surface area contributed by atoms with Crippen LogP contribution < -0.4 is 10.6 Å². The second kappa shape index (κ2) is 6.70. The van der Waals surface area contributed by atoms with Gasteiger partial charge in [0.25, 0.3) is 0 Å². The number of hydrogen-bond acceptors (Lipinski definition) is 3. The highest BCUT2D eigenvalue weighted by molar-refractivity contribution is 5.75. The Kier molecular flexibility index (Phi) is 4.96. The van der Waals surface area contributed by atoms with Crippen molar-refractivity contribution < 1.29 is 4.79 Å². The Morgan fingerprint density at radius 2 is 2.42 bits per heavy atom. The van der Waals surface area contributed by atoms with E-state index in [0.717, 1.165) is 37.4 Å². The van der Waals surface area contributed by atoms with E-state index in [2.05, 4.69) is 15.7 Å². The van der Waals surface area contributed by atoms with E-state index in [9.17, 15) is 4.79 Å². The third kappa shape index (κ3) is 4.35. The van der Waals surface area contributed by atoms with Gasteiger partial charge in [0.2, 0.25) is 5.91 Å². The molecule has 2 N–H and O–H groups in total. The van der Waals surface area contributed by atoms with Gasteiger partial charge in [-0.05, 0) is 58.2 Å². The van der Waals surface area contributed by atoms with Crippen LogP contribution in [-0.4, -0.2) is 35.3 Å². The summed E-state index contributed by atoms with van der Waals surface area (Å²) in [5.74, 6) is 0.762. The first kappa shape index (κ1) is 14.1. The summed E-state index contributed by atoms with van der Waals surface area (Å²) in [6.45, 7) is 7.24. The van der Waals surface area contributed by atoms with Crippen LogP contribution in [0.2, 0.25) is 0 Å². The molecular formula is C14H24N4O. The molecule has 1 saturated heterocycles. The normalized spacial score (nSPS) is 19.4. The molecule has 106 valence electrons. The molecule has 1 aromatic rings. The Morgan fingerprint density at radius 1 is 1.58 bits per heavy atom. The number of nitrogens with one attached hydrogen (secondary N) is 2. The summed E-state index contributed by atoms with van der Waals surface area (Å²) in [5.41, 5.74) is 1.99. The van der Waals surface area contributed by atoms with E-state index in [1.165, 1.54) is 12.8 Å². The molecule has 0 bridgehead atoms. The standard InChI is InChI=1S/C14H24N4O/c1-11-8-12(2)18(17-11)10-14(19)16-7-5-13-4-3-6-15-9-13/h8,13,15H,3-7,9-10H2,1-2H3,(H,16,19). The van der Waals surface area contributed by atoms with Crippen molar-refractivity contribution in [1.82, 2.24) is 20.4 Å². The fourth-order valence-corrected chi connectivity index (χ4v) is 2.61. The van der Waals surface area contributed by atoms with Gasteiger partial charge in [-0.15, -0.1) is 0 Å². The van der Waals surface area contributed by atoms with Crippen LogP contribution in [0.1, 0.15) is 30.7 Å². The molecule has 1 aliphatic heterocycles. The molecule has 19 heavy (non-hydrogen) atoms. The highest BCUT2D eigenvalue weighted by atomic mass is 16.2. The first-order valence-corrected chi connectivity index (χ1v) is 7.13. The summed E-state index contributed by atoms with van der Waals surface area (Å²) in [5, 5.41) is 10.7. The molecule has 0 aromatic carbocycles. The molecule has 0 saturated carbocycles. The number of rotatable bonds is 5. The Labute approximate surface area is 114 Å². The second-order valence-electron chi connectivity index (χ2n) is 5.44. The summed E-state index contributed by atoms with van der Waals surface area (Å²) < 4.78 is 1.76. The molecule has 5 heteroatoms. The lowest BCUT2D eigenvalue weighted by Gasteiger charge is -2.22. The van der Waals surface area contributed by atoms with Crippen LogP contribution in [-0.2, 0) is 11.3 Å². The Balaban J connectivity index is 1.68. The molecule has 1 fully saturated rings. The minimum atomic E-state index is 0.0509. The molecule has 0 aliphatic carbocycles. The van der Waals surface area contributed by atoms with Gasteiger partial charge < -0.3 is 10.6 Å². The van der Waals surface area contributed by atoms with Crippen molar-refractivity contribution in [2.24, 2.45) is 5.92 Å². The van der Waals surface area contributed by atoms with Crippen molar-refractivity contribution in [2.45, 2.75) is 39.7 Å². The Morgan fingerprint density at radius 3 is 3.05 bits per heavy atom. The van der Waals surface area contributed by atoms with Gasteiger partial charge in [0.05, 0.1) is 5.69 Å². The number of aryl methyl sites for hydroxylation is 2. The molecule has 2 rings (SSSR count). The zero-order valence-electron chi connectivity index (χ0n) is 11.9. The van der Waals surface area contributed by atoms with Crippen molar-refractivity contribution in [3.05, 3.63) is 17.5 Å². The predicted molar refractivity (Wildman–Crippen MR) is 74.9 cm³/mol. The van der Waals surface area contributed by atoms with Crippen LogP contribution in [0.4, 0.5) is 0 Å². The summed E-state index contributed by atoms with van der Waals surface area (Å²) in [6.07, 6.45) is 3.60. The maximum absolute atomic E-state index is 11.8. The quantitative estimate of drug-likeness (QED) is 0.834. The van der Waals surface area contributed by atoms with Crippen molar-refractivity contribution >= 4 is 5.91 Å². The monoisotopic (exact) mass is 264 g/mol. The lowest BCUT2D eigenvalue weighted by Crippen LogP contribution is -2.34. The van der Waals surface area contributed by atoms with Crippen molar-refractivity contribution in [3.8, 4) is 0 Å². The summed E-state index contributed by atoms with van der Waals surface area (Å²) in [7, 11) is 0. The maximum atomic E-state index is 11.8. The van der Waals surface area contributed by atoms with Gasteiger partial charge in [0.1, 0.15) is 6.54 Å². The Bertz CT molecular complexity index is 421. The number of piperidine rings is 1. The van der Waals surface area contributed by atoms with Gasteiger partial charge in [-0.2, -0.15) is 5.10 Å². The summed E-state index contributed by atoms with van der Waals surface area (Å²) >= 11 is 0. The molecule has 0 spiro atoms. The van der Waals surface area contributed by atoms with E-state index in [1.807, 2.05) is 19.9 Å². The minimum Gasteiger partial charge on any atom is -0.354 e. The summed E-state index contributed by atoms with van der Waals surface area (Å²) in [6, 6.07) is 1.99. The average molecular weight is 264 g/mol. The average Bonchev–Trinajstić information content (AvgIpc) is 2.69. The van der Waals surface area contributed by atoms with Crippen LogP contribution in [0, 0.1) is 19.8 Å². The van der Waals surface area contributed by atoms with Crippen LogP contribution in [0.5, 0.6) is 0 Å². The fraction of sp³-hybridized carbons (Fsp3) is 0.714. The topological polar surface area (TPSA) is 59.0 Å². The number of nitrogens with zero attached hydrogens (tertiary/aromatic N) is 2. The SMILES string of the molecule is Cc1cc(C)n(CC(=O)NCCC2CCCNC2)n1. The number of hydrogen-bond donors (Lipinski definition) is 2. The molecule has 1 aromatic heterocycles. The van der Waals surface area contributed by atoms with Crippen LogP contribution in [0.3, 0.4) is 0 Å². The molecule has 1 unspecified atom stereocenters. The summed E-state index contributed by atoms with van der Waals surface area (Å²) in [4.78, 5) is 11.8. The molecule has 1 atom stereocenters. The van der Waals surface area contributed by atoms with E-state index >= 15 is 0 Å². The third-order valence-corrected chi connectivity index (χ3v) is 3.67. The van der Waals surface area contributed by atoms with Gasteiger partial charge in [0, 0.05) is 12.2 Å². The van der Waals surface area contributed by atoms with Gasteiger partial charge in [-0.1, -0.05) is 0 Å². The van der Waals surface area contributed by atoms with Crippen molar-refractivity contribution in [2.75, 3.05) is 19.6 Å². The minimum absolute atomic E-state index is 0.0509. The van der Waals surface area contributed by atoms with E-state index in [-0.39, 0.29) is 5.91 Å². The number of amides is 1.